The van der Waals surface area contributed by atoms with Crippen molar-refractivity contribution in [2.75, 3.05) is 11.1 Å². The Bertz CT molecular complexity index is 951. The van der Waals surface area contributed by atoms with E-state index >= 15 is 0 Å². The Kier molecular flexibility index (Phi) is 4.96. The average molecular weight is 381 g/mol. The van der Waals surface area contributed by atoms with Gasteiger partial charge < -0.3 is 9.88 Å². The van der Waals surface area contributed by atoms with Crippen molar-refractivity contribution >= 4 is 33.0 Å². The van der Waals surface area contributed by atoms with Crippen LogP contribution in [0.15, 0.2) is 47.4 Å². The summed E-state index contributed by atoms with van der Waals surface area (Å²) in [5, 5.41) is 2.20. The van der Waals surface area contributed by atoms with Crippen LogP contribution in [0.5, 0.6) is 0 Å². The van der Waals surface area contributed by atoms with Crippen LogP contribution in [0.2, 0.25) is 5.02 Å². The Morgan fingerprint density at radius 3 is 2.56 bits per heavy atom. The molecule has 1 aliphatic heterocycles. The van der Waals surface area contributed by atoms with E-state index in [2.05, 4.69) is 5.32 Å². The maximum absolute atomic E-state index is 12.2. The van der Waals surface area contributed by atoms with Crippen LogP contribution in [-0.4, -0.2) is 29.9 Å². The Hall–Kier alpha value is -2.12. The molecule has 6 nitrogen and oxygen atoms in total. The van der Waals surface area contributed by atoms with Crippen molar-refractivity contribution in [1.82, 2.24) is 4.57 Å². The van der Waals surface area contributed by atoms with Gasteiger partial charge in [-0.15, -0.1) is 0 Å². The first kappa shape index (κ1) is 17.7. The third kappa shape index (κ3) is 4.11. The highest BCUT2D eigenvalue weighted by Gasteiger charge is 2.37. The fourth-order valence-corrected chi connectivity index (χ4v) is 4.71. The number of hydrogen-bond donors (Lipinski definition) is 1. The van der Waals surface area contributed by atoms with Gasteiger partial charge in [-0.25, -0.2) is 8.42 Å². The molecule has 8 heteroatoms. The largest absolute Gasteiger partial charge is 0.324 e. The molecular weight excluding hydrogens is 364 g/mol. The number of rotatable bonds is 4. The van der Waals surface area contributed by atoms with Crippen molar-refractivity contribution in [1.29, 1.82) is 0 Å². The summed E-state index contributed by atoms with van der Waals surface area (Å²) in [6, 6.07) is 9.90. The van der Waals surface area contributed by atoms with Gasteiger partial charge in [0.1, 0.15) is 5.25 Å². The summed E-state index contributed by atoms with van der Waals surface area (Å²) < 4.78 is 25.2. The number of halogens is 1. The van der Waals surface area contributed by atoms with E-state index in [-0.39, 0.29) is 11.3 Å². The summed E-state index contributed by atoms with van der Waals surface area (Å²) in [6.45, 7) is 0.321. The van der Waals surface area contributed by atoms with Gasteiger partial charge >= 0.3 is 0 Å². The van der Waals surface area contributed by atoms with E-state index in [1.165, 1.54) is 22.9 Å². The molecule has 1 unspecified atom stereocenters. The van der Waals surface area contributed by atoms with Crippen LogP contribution in [-0.2, 0) is 21.2 Å². The molecule has 0 saturated carbocycles. The van der Waals surface area contributed by atoms with Gasteiger partial charge in [0.15, 0.2) is 9.84 Å². The lowest BCUT2D eigenvalue weighted by molar-refractivity contribution is -0.115. The number of amides is 1. The summed E-state index contributed by atoms with van der Waals surface area (Å²) in [6.07, 6.45) is 2.34. The molecule has 2 heterocycles. The van der Waals surface area contributed by atoms with E-state index in [0.717, 1.165) is 5.56 Å². The molecule has 1 amide bonds. The Labute approximate surface area is 150 Å². The monoisotopic (exact) mass is 380 g/mol. The van der Waals surface area contributed by atoms with Crippen LogP contribution in [0.25, 0.3) is 0 Å². The number of benzene rings is 1. The number of nitrogens with zero attached hydrogens (tertiary/aromatic N) is 1. The molecule has 0 radical (unpaired) electrons. The quantitative estimate of drug-likeness (QED) is 0.879. The van der Waals surface area contributed by atoms with Crippen molar-refractivity contribution in [3.63, 3.8) is 0 Å². The van der Waals surface area contributed by atoms with Gasteiger partial charge in [0.2, 0.25) is 5.91 Å². The number of aromatic nitrogens is 1. The van der Waals surface area contributed by atoms with E-state index in [4.69, 9.17) is 11.6 Å². The van der Waals surface area contributed by atoms with E-state index < -0.39 is 21.0 Å². The van der Waals surface area contributed by atoms with Crippen LogP contribution in [0, 0.1) is 0 Å². The van der Waals surface area contributed by atoms with Crippen LogP contribution in [0.4, 0.5) is 5.69 Å². The average Bonchev–Trinajstić information content (AvgIpc) is 2.92. The molecule has 1 fully saturated rings. The van der Waals surface area contributed by atoms with Crippen molar-refractivity contribution in [3.8, 4) is 0 Å². The fourth-order valence-electron chi connectivity index (χ4n) is 2.82. The van der Waals surface area contributed by atoms with Crippen LogP contribution in [0.1, 0.15) is 18.4 Å². The predicted octanol–water partition coefficient (Wildman–Crippen LogP) is 2.07. The molecule has 1 aliphatic rings. The topological polar surface area (TPSA) is 85.2 Å². The fraction of sp³-hybridized carbons (Fsp3) is 0.294. The molecule has 0 spiro atoms. The van der Waals surface area contributed by atoms with Gasteiger partial charge in [0.25, 0.3) is 5.56 Å². The molecule has 25 heavy (non-hydrogen) atoms. The first-order chi connectivity index (χ1) is 11.8. The molecule has 1 aromatic carbocycles. The third-order valence-electron chi connectivity index (χ3n) is 4.14. The lowest BCUT2D eigenvalue weighted by atomic mass is 10.2. The summed E-state index contributed by atoms with van der Waals surface area (Å²) in [5.74, 6) is -0.504. The first-order valence-electron chi connectivity index (χ1n) is 7.82. The zero-order chi connectivity index (χ0) is 18.0. The number of anilines is 1. The summed E-state index contributed by atoms with van der Waals surface area (Å²) in [4.78, 5) is 24.2. The van der Waals surface area contributed by atoms with Crippen molar-refractivity contribution in [2.24, 2.45) is 0 Å². The minimum atomic E-state index is -3.37. The number of carbonyl (C=O) groups excluding carboxylic acids is 1. The Morgan fingerprint density at radius 2 is 1.92 bits per heavy atom. The molecule has 2 aromatic rings. The Morgan fingerprint density at radius 1 is 1.20 bits per heavy atom. The second-order valence-electron chi connectivity index (χ2n) is 6.00. The van der Waals surface area contributed by atoms with Gasteiger partial charge in [-0.05, 0) is 36.6 Å². The van der Waals surface area contributed by atoms with E-state index in [1.54, 1.807) is 12.1 Å². The number of hydrogen-bond acceptors (Lipinski definition) is 4. The number of pyridine rings is 1. The third-order valence-corrected chi connectivity index (χ3v) is 6.56. The molecular formula is C17H17ClN2O4S. The lowest BCUT2D eigenvalue weighted by Gasteiger charge is -2.12. The van der Waals surface area contributed by atoms with Gasteiger partial charge in [0, 0.05) is 17.3 Å². The van der Waals surface area contributed by atoms with Gasteiger partial charge in [0.05, 0.1) is 18.0 Å². The molecule has 1 N–H and O–H groups in total. The van der Waals surface area contributed by atoms with Crippen LogP contribution in [0.3, 0.4) is 0 Å². The highest BCUT2D eigenvalue weighted by atomic mass is 35.5. The summed E-state index contributed by atoms with van der Waals surface area (Å²) >= 11 is 5.85. The highest BCUT2D eigenvalue weighted by molar-refractivity contribution is 7.93. The van der Waals surface area contributed by atoms with E-state index in [0.29, 0.717) is 30.1 Å². The summed E-state index contributed by atoms with van der Waals surface area (Å²) in [7, 11) is -3.37. The van der Waals surface area contributed by atoms with Crippen molar-refractivity contribution < 1.29 is 13.2 Å². The predicted molar refractivity (Wildman–Crippen MR) is 96.7 cm³/mol. The Balaban J connectivity index is 1.78. The number of nitrogens with one attached hydrogen (secondary N) is 1. The maximum Gasteiger partial charge on any atom is 0.250 e. The summed E-state index contributed by atoms with van der Waals surface area (Å²) in [5.41, 5.74) is 1.05. The highest BCUT2D eigenvalue weighted by Crippen LogP contribution is 2.21. The molecule has 1 aromatic heterocycles. The van der Waals surface area contributed by atoms with Crippen molar-refractivity contribution in [2.45, 2.75) is 24.6 Å². The normalized spacial score (nSPS) is 18.8. The molecule has 132 valence electrons. The molecule has 0 aliphatic carbocycles. The molecule has 3 rings (SSSR count). The van der Waals surface area contributed by atoms with E-state index in [1.807, 2.05) is 12.1 Å². The second kappa shape index (κ2) is 7.01. The van der Waals surface area contributed by atoms with Crippen LogP contribution >= 0.6 is 11.6 Å². The number of carbonyl (C=O) groups is 1. The molecule has 0 bridgehead atoms. The lowest BCUT2D eigenvalue weighted by Crippen LogP contribution is -2.32. The zero-order valence-corrected chi connectivity index (χ0v) is 14.9. The second-order valence-corrected chi connectivity index (χ2v) is 8.74. The van der Waals surface area contributed by atoms with E-state index in [9.17, 15) is 18.0 Å². The first-order valence-corrected chi connectivity index (χ1v) is 9.92. The SMILES string of the molecule is O=C(Nc1ccc(=O)n(Cc2ccc(Cl)cc2)c1)C1CCCS1(=O)=O. The minimum absolute atomic E-state index is 0.0428. The maximum atomic E-state index is 12.2. The molecule has 1 atom stereocenters. The van der Waals surface area contributed by atoms with Crippen LogP contribution < -0.4 is 10.9 Å². The van der Waals surface area contributed by atoms with Crippen molar-refractivity contribution in [3.05, 3.63) is 63.5 Å². The molecule has 1 saturated heterocycles. The number of sulfone groups is 1. The van der Waals surface area contributed by atoms with Gasteiger partial charge in [-0.2, -0.15) is 0 Å². The zero-order valence-electron chi connectivity index (χ0n) is 13.3. The smallest absolute Gasteiger partial charge is 0.250 e. The minimum Gasteiger partial charge on any atom is -0.324 e. The van der Waals surface area contributed by atoms with Gasteiger partial charge in [-0.1, -0.05) is 23.7 Å². The van der Waals surface area contributed by atoms with Gasteiger partial charge in [-0.3, -0.25) is 9.59 Å². The standard InChI is InChI=1S/C17H17ClN2O4S/c18-13-5-3-12(4-6-13)10-20-11-14(7-8-16(20)21)19-17(22)15-2-1-9-25(15,23)24/h3-8,11,15H,1-2,9-10H2,(H,19,22).